The van der Waals surface area contributed by atoms with E-state index >= 15 is 0 Å². The van der Waals surface area contributed by atoms with Crippen molar-refractivity contribution < 1.29 is 4.74 Å². The number of aromatic nitrogens is 1. The van der Waals surface area contributed by atoms with Crippen LogP contribution >= 0.6 is 31.9 Å². The Kier molecular flexibility index (Phi) is 5.65. The van der Waals surface area contributed by atoms with Gasteiger partial charge in [0.2, 0.25) is 0 Å². The van der Waals surface area contributed by atoms with Crippen LogP contribution in [0.2, 0.25) is 0 Å². The van der Waals surface area contributed by atoms with Crippen LogP contribution in [0, 0.1) is 5.92 Å². The number of nitrogens with zero attached hydrogens (tertiary/aromatic N) is 1. The van der Waals surface area contributed by atoms with E-state index in [1.807, 2.05) is 18.2 Å². The number of methoxy groups -OCH3 is 1. The summed E-state index contributed by atoms with van der Waals surface area (Å²) in [4.78, 5) is 0. The van der Waals surface area contributed by atoms with Gasteiger partial charge in [0.25, 0.3) is 0 Å². The highest BCUT2D eigenvalue weighted by atomic mass is 79.9. The van der Waals surface area contributed by atoms with Gasteiger partial charge in [-0.3, -0.25) is 0 Å². The highest BCUT2D eigenvalue weighted by Crippen LogP contribution is 2.33. The van der Waals surface area contributed by atoms with Crippen LogP contribution in [0.25, 0.3) is 21.8 Å². The first-order chi connectivity index (χ1) is 13.5. The van der Waals surface area contributed by atoms with Crippen LogP contribution in [-0.4, -0.2) is 18.2 Å². The number of rotatable bonds is 6. The van der Waals surface area contributed by atoms with Crippen LogP contribution in [-0.2, 0) is 6.54 Å². The first-order valence-corrected chi connectivity index (χ1v) is 10.9. The number of hydrogen-bond acceptors (Lipinski definition) is 2. The largest absolute Gasteiger partial charge is 0.497 e. The Balaban J connectivity index is 1.61. The van der Waals surface area contributed by atoms with Crippen molar-refractivity contribution in [2.24, 2.45) is 5.92 Å². The molecule has 28 heavy (non-hydrogen) atoms. The molecule has 0 amide bonds. The normalized spacial score (nSPS) is 12.4. The summed E-state index contributed by atoms with van der Waals surface area (Å²) in [7, 11) is 1.70. The topological polar surface area (TPSA) is 26.2 Å². The summed E-state index contributed by atoms with van der Waals surface area (Å²) in [6.07, 6.45) is 0. The maximum atomic E-state index is 5.31. The summed E-state index contributed by atoms with van der Waals surface area (Å²) in [5.74, 6) is 1.33. The van der Waals surface area contributed by atoms with Crippen molar-refractivity contribution in [3.05, 3.63) is 69.6 Å². The molecule has 1 aromatic heterocycles. The zero-order valence-corrected chi connectivity index (χ0v) is 19.0. The van der Waals surface area contributed by atoms with Crippen molar-refractivity contribution in [2.45, 2.75) is 13.5 Å². The Morgan fingerprint density at radius 2 is 1.57 bits per heavy atom. The lowest BCUT2D eigenvalue weighted by molar-refractivity contribution is 0.415. The van der Waals surface area contributed by atoms with Crippen molar-refractivity contribution in [3.63, 3.8) is 0 Å². The molecular weight excluding hydrogens is 480 g/mol. The van der Waals surface area contributed by atoms with Gasteiger partial charge in [-0.25, -0.2) is 0 Å². The molecule has 0 bridgehead atoms. The molecule has 0 fully saturated rings. The molecule has 0 radical (unpaired) electrons. The molecule has 4 rings (SSSR count). The van der Waals surface area contributed by atoms with Gasteiger partial charge in [-0.05, 0) is 54.4 Å². The summed E-state index contributed by atoms with van der Waals surface area (Å²) in [5.41, 5.74) is 3.62. The van der Waals surface area contributed by atoms with E-state index < -0.39 is 0 Å². The lowest BCUT2D eigenvalue weighted by Crippen LogP contribution is -2.17. The molecule has 1 N–H and O–H groups in total. The van der Waals surface area contributed by atoms with Crippen LogP contribution in [0.4, 0.5) is 5.69 Å². The number of anilines is 1. The fourth-order valence-electron chi connectivity index (χ4n) is 3.65. The molecule has 4 aromatic rings. The first-order valence-electron chi connectivity index (χ1n) is 9.30. The van der Waals surface area contributed by atoms with Gasteiger partial charge in [0.15, 0.2) is 0 Å². The zero-order chi connectivity index (χ0) is 19.7. The van der Waals surface area contributed by atoms with Gasteiger partial charge in [0.1, 0.15) is 5.75 Å². The Morgan fingerprint density at radius 3 is 2.18 bits per heavy atom. The van der Waals surface area contributed by atoms with Crippen molar-refractivity contribution in [1.82, 2.24) is 4.57 Å². The van der Waals surface area contributed by atoms with Gasteiger partial charge in [0.05, 0.1) is 7.11 Å². The average molecular weight is 502 g/mol. The van der Waals surface area contributed by atoms with Gasteiger partial charge in [-0.1, -0.05) is 44.8 Å². The number of ether oxygens (including phenoxy) is 1. The van der Waals surface area contributed by atoms with Crippen LogP contribution in [0.5, 0.6) is 5.75 Å². The molecule has 144 valence electrons. The average Bonchev–Trinajstić information content (AvgIpc) is 2.99. The summed E-state index contributed by atoms with van der Waals surface area (Å²) in [5, 5.41) is 6.09. The quantitative estimate of drug-likeness (QED) is 0.305. The van der Waals surface area contributed by atoms with Crippen LogP contribution in [0.3, 0.4) is 0 Å². The van der Waals surface area contributed by atoms with E-state index in [1.54, 1.807) is 7.11 Å². The molecule has 0 saturated heterocycles. The van der Waals surface area contributed by atoms with E-state index in [-0.39, 0.29) is 0 Å². The molecule has 3 nitrogen and oxygen atoms in total. The number of halogens is 2. The van der Waals surface area contributed by atoms with Gasteiger partial charge < -0.3 is 14.6 Å². The summed E-state index contributed by atoms with van der Waals surface area (Å²) in [6.45, 7) is 4.12. The Morgan fingerprint density at radius 1 is 0.929 bits per heavy atom. The molecule has 0 aliphatic rings. The van der Waals surface area contributed by atoms with E-state index in [2.05, 4.69) is 91.1 Å². The van der Waals surface area contributed by atoms with E-state index in [9.17, 15) is 0 Å². The third-order valence-corrected chi connectivity index (χ3v) is 5.99. The molecule has 0 aliphatic carbocycles. The van der Waals surface area contributed by atoms with Crippen molar-refractivity contribution >= 4 is 59.4 Å². The lowest BCUT2D eigenvalue weighted by Gasteiger charge is -2.17. The van der Waals surface area contributed by atoms with Crippen LogP contribution < -0.4 is 10.1 Å². The number of fused-ring (bicyclic) bond motifs is 3. The number of nitrogens with one attached hydrogen (secondary N) is 1. The smallest absolute Gasteiger partial charge is 0.120 e. The predicted octanol–water partition coefficient (Wildman–Crippen LogP) is 7.08. The Labute approximate surface area is 181 Å². The zero-order valence-electron chi connectivity index (χ0n) is 15.9. The molecular formula is C23H22Br2N2O. The van der Waals surface area contributed by atoms with Crippen LogP contribution in [0.15, 0.2) is 69.6 Å². The Hall–Kier alpha value is -1.98. The summed E-state index contributed by atoms with van der Waals surface area (Å²) < 4.78 is 9.95. The van der Waals surface area contributed by atoms with E-state index in [4.69, 9.17) is 4.74 Å². The molecule has 1 heterocycles. The minimum absolute atomic E-state index is 0.456. The Bertz CT molecular complexity index is 1080. The minimum atomic E-state index is 0.456. The van der Waals surface area contributed by atoms with Crippen LogP contribution in [0.1, 0.15) is 6.92 Å². The second-order valence-corrected chi connectivity index (χ2v) is 8.98. The summed E-state index contributed by atoms with van der Waals surface area (Å²) >= 11 is 7.24. The number of hydrogen-bond donors (Lipinski definition) is 1. The molecule has 0 saturated carbocycles. The van der Waals surface area contributed by atoms with Crippen molar-refractivity contribution in [2.75, 3.05) is 19.0 Å². The highest BCUT2D eigenvalue weighted by Gasteiger charge is 2.14. The summed E-state index contributed by atoms with van der Waals surface area (Å²) in [6, 6.07) is 21.1. The van der Waals surface area contributed by atoms with Crippen molar-refractivity contribution in [3.8, 4) is 5.75 Å². The van der Waals surface area contributed by atoms with Gasteiger partial charge >= 0.3 is 0 Å². The second kappa shape index (κ2) is 8.18. The first kappa shape index (κ1) is 19.3. The van der Waals surface area contributed by atoms with Crippen molar-refractivity contribution in [1.29, 1.82) is 0 Å². The van der Waals surface area contributed by atoms with Gasteiger partial charge in [-0.15, -0.1) is 0 Å². The fraction of sp³-hybridized carbons (Fsp3) is 0.217. The van der Waals surface area contributed by atoms with E-state index in [0.717, 1.165) is 33.5 Å². The second-order valence-electron chi connectivity index (χ2n) is 7.15. The lowest BCUT2D eigenvalue weighted by atomic mass is 10.1. The molecule has 3 aromatic carbocycles. The molecule has 0 aliphatic heterocycles. The standard InChI is InChI=1S/C23H22Br2N2O/c1-15(13-26-18-4-3-5-19(12-18)28-2)14-27-22-8-6-16(24)10-20(22)21-11-17(25)7-9-23(21)27/h3-12,15,26H,13-14H2,1-2H3. The molecule has 0 spiro atoms. The third kappa shape index (κ3) is 3.91. The maximum Gasteiger partial charge on any atom is 0.120 e. The monoisotopic (exact) mass is 500 g/mol. The SMILES string of the molecule is COc1cccc(NCC(C)Cn2c3ccc(Br)cc3c3cc(Br)ccc32)c1. The third-order valence-electron chi connectivity index (χ3n) is 5.01. The number of benzene rings is 3. The fourth-order valence-corrected chi connectivity index (χ4v) is 4.37. The van der Waals surface area contributed by atoms with E-state index in [0.29, 0.717) is 5.92 Å². The van der Waals surface area contributed by atoms with E-state index in [1.165, 1.54) is 21.8 Å². The minimum Gasteiger partial charge on any atom is -0.497 e. The molecule has 1 unspecified atom stereocenters. The highest BCUT2D eigenvalue weighted by molar-refractivity contribution is 9.10. The molecule has 5 heteroatoms. The van der Waals surface area contributed by atoms with Gasteiger partial charge in [0, 0.05) is 55.6 Å². The van der Waals surface area contributed by atoms with Gasteiger partial charge in [-0.2, -0.15) is 0 Å². The predicted molar refractivity (Wildman–Crippen MR) is 125 cm³/mol. The maximum absolute atomic E-state index is 5.31. The molecule has 1 atom stereocenters.